The summed E-state index contributed by atoms with van der Waals surface area (Å²) in [5, 5.41) is 10.8. The van der Waals surface area contributed by atoms with Crippen molar-refractivity contribution in [2.24, 2.45) is 0 Å². The lowest BCUT2D eigenvalue weighted by atomic mass is 10.1. The van der Waals surface area contributed by atoms with Crippen molar-refractivity contribution >= 4 is 11.7 Å². The lowest BCUT2D eigenvalue weighted by Crippen LogP contribution is -2.10. The third-order valence-corrected chi connectivity index (χ3v) is 3.45. The first-order chi connectivity index (χ1) is 12.3. The standard InChI is InChI=1S/C17H15F2NO6/c1-10(11-4-3-5-13(8-11)20(22)23)25-16(21)12-6-7-14(26-17(18)19)15(9-12)24-2/h3-10,17H,1-2H3/t10-/m1/s1. The van der Waals surface area contributed by atoms with Crippen molar-refractivity contribution in [3.8, 4) is 11.5 Å². The average molecular weight is 367 g/mol. The summed E-state index contributed by atoms with van der Waals surface area (Å²) < 4.78 is 39.1. The fourth-order valence-electron chi connectivity index (χ4n) is 2.18. The summed E-state index contributed by atoms with van der Waals surface area (Å²) in [6, 6.07) is 9.33. The van der Waals surface area contributed by atoms with Gasteiger partial charge in [-0.2, -0.15) is 8.78 Å². The molecular weight excluding hydrogens is 352 g/mol. The van der Waals surface area contributed by atoms with Gasteiger partial charge in [-0.15, -0.1) is 0 Å². The topological polar surface area (TPSA) is 87.9 Å². The van der Waals surface area contributed by atoms with E-state index < -0.39 is 23.6 Å². The maximum Gasteiger partial charge on any atom is 0.387 e. The smallest absolute Gasteiger partial charge is 0.387 e. The lowest BCUT2D eigenvalue weighted by molar-refractivity contribution is -0.385. The number of alkyl halides is 2. The number of nitrogens with zero attached hydrogens (tertiary/aromatic N) is 1. The lowest BCUT2D eigenvalue weighted by Gasteiger charge is -2.15. The molecule has 0 saturated carbocycles. The van der Waals surface area contributed by atoms with Crippen molar-refractivity contribution in [2.75, 3.05) is 7.11 Å². The van der Waals surface area contributed by atoms with Crippen LogP contribution in [0, 0.1) is 10.1 Å². The SMILES string of the molecule is COc1cc(C(=O)O[C@H](C)c2cccc([N+](=O)[O-])c2)ccc1OC(F)F. The fraction of sp³-hybridized carbons (Fsp3) is 0.235. The first-order valence-electron chi connectivity index (χ1n) is 7.40. The second kappa shape index (κ2) is 8.24. The highest BCUT2D eigenvalue weighted by Crippen LogP contribution is 2.30. The van der Waals surface area contributed by atoms with Gasteiger partial charge in [0, 0.05) is 12.1 Å². The Morgan fingerprint density at radius 3 is 2.50 bits per heavy atom. The molecule has 1 atom stereocenters. The van der Waals surface area contributed by atoms with E-state index in [1.54, 1.807) is 13.0 Å². The minimum atomic E-state index is -3.03. The minimum Gasteiger partial charge on any atom is -0.493 e. The molecule has 7 nitrogen and oxygen atoms in total. The largest absolute Gasteiger partial charge is 0.493 e. The van der Waals surface area contributed by atoms with Crippen molar-refractivity contribution in [3.05, 3.63) is 63.7 Å². The Morgan fingerprint density at radius 1 is 1.15 bits per heavy atom. The third kappa shape index (κ3) is 4.65. The van der Waals surface area contributed by atoms with Gasteiger partial charge in [0.1, 0.15) is 6.10 Å². The summed E-state index contributed by atoms with van der Waals surface area (Å²) >= 11 is 0. The number of ether oxygens (including phenoxy) is 3. The number of hydrogen-bond donors (Lipinski definition) is 0. The molecule has 9 heteroatoms. The number of methoxy groups -OCH3 is 1. The quantitative estimate of drug-likeness (QED) is 0.415. The van der Waals surface area contributed by atoms with E-state index in [-0.39, 0.29) is 22.7 Å². The monoisotopic (exact) mass is 367 g/mol. The van der Waals surface area contributed by atoms with Crippen LogP contribution >= 0.6 is 0 Å². The average Bonchev–Trinajstić information content (AvgIpc) is 2.61. The maximum atomic E-state index is 12.3. The van der Waals surface area contributed by atoms with Crippen LogP contribution in [0.25, 0.3) is 0 Å². The van der Waals surface area contributed by atoms with Gasteiger partial charge in [0.2, 0.25) is 0 Å². The van der Waals surface area contributed by atoms with Crippen molar-refractivity contribution in [1.82, 2.24) is 0 Å². The van der Waals surface area contributed by atoms with Gasteiger partial charge in [0.25, 0.3) is 5.69 Å². The fourth-order valence-corrected chi connectivity index (χ4v) is 2.18. The molecule has 0 amide bonds. The molecule has 0 unspecified atom stereocenters. The Bertz CT molecular complexity index is 812. The number of esters is 1. The third-order valence-electron chi connectivity index (χ3n) is 3.45. The number of carbonyl (C=O) groups is 1. The molecule has 26 heavy (non-hydrogen) atoms. The van der Waals surface area contributed by atoms with Crippen molar-refractivity contribution in [2.45, 2.75) is 19.6 Å². The Morgan fingerprint density at radius 2 is 1.88 bits per heavy atom. The van der Waals surface area contributed by atoms with E-state index in [4.69, 9.17) is 9.47 Å². The number of halogens is 2. The van der Waals surface area contributed by atoms with E-state index in [1.165, 1.54) is 43.5 Å². The summed E-state index contributed by atoms with van der Waals surface area (Å²) in [7, 11) is 1.24. The van der Waals surface area contributed by atoms with Gasteiger partial charge in [-0.3, -0.25) is 10.1 Å². The molecule has 0 radical (unpaired) electrons. The number of carbonyl (C=O) groups excluding carboxylic acids is 1. The molecule has 0 heterocycles. The van der Waals surface area contributed by atoms with Crippen LogP contribution in [0.15, 0.2) is 42.5 Å². The molecule has 0 spiro atoms. The molecule has 0 saturated heterocycles. The first kappa shape index (κ1) is 19.1. The van der Waals surface area contributed by atoms with Crippen LogP contribution in [0.4, 0.5) is 14.5 Å². The number of hydrogen-bond acceptors (Lipinski definition) is 6. The molecule has 2 aromatic rings. The van der Waals surface area contributed by atoms with E-state index in [2.05, 4.69) is 4.74 Å². The number of nitro benzene ring substituents is 1. The van der Waals surface area contributed by atoms with Gasteiger partial charge in [-0.25, -0.2) is 4.79 Å². The zero-order valence-electron chi connectivity index (χ0n) is 13.8. The van der Waals surface area contributed by atoms with Crippen molar-refractivity contribution in [1.29, 1.82) is 0 Å². The summed E-state index contributed by atoms with van der Waals surface area (Å²) in [4.78, 5) is 22.5. The normalized spacial score (nSPS) is 11.7. The molecule has 138 valence electrons. The van der Waals surface area contributed by atoms with Crippen LogP contribution in [-0.2, 0) is 4.74 Å². The predicted molar refractivity (Wildman–Crippen MR) is 86.6 cm³/mol. The highest BCUT2D eigenvalue weighted by Gasteiger charge is 2.19. The zero-order valence-corrected chi connectivity index (χ0v) is 13.8. The van der Waals surface area contributed by atoms with Crippen LogP contribution in [0.3, 0.4) is 0 Å². The second-order valence-corrected chi connectivity index (χ2v) is 5.14. The van der Waals surface area contributed by atoms with Gasteiger partial charge < -0.3 is 14.2 Å². The van der Waals surface area contributed by atoms with E-state index in [9.17, 15) is 23.7 Å². The highest BCUT2D eigenvalue weighted by molar-refractivity contribution is 5.90. The van der Waals surface area contributed by atoms with Crippen LogP contribution in [-0.4, -0.2) is 24.6 Å². The molecule has 0 bridgehead atoms. The predicted octanol–water partition coefficient (Wildman–Crippen LogP) is 4.12. The molecule has 0 aromatic heterocycles. The van der Waals surface area contributed by atoms with E-state index >= 15 is 0 Å². The van der Waals surface area contributed by atoms with E-state index in [0.29, 0.717) is 5.56 Å². The van der Waals surface area contributed by atoms with Gasteiger partial charge >= 0.3 is 12.6 Å². The molecule has 0 aliphatic carbocycles. The summed E-state index contributed by atoms with van der Waals surface area (Å²) in [6.07, 6.45) is -0.759. The molecule has 2 rings (SSSR count). The summed E-state index contributed by atoms with van der Waals surface area (Å²) in [5.41, 5.74) is 0.374. The van der Waals surface area contributed by atoms with E-state index in [1.807, 2.05) is 0 Å². The molecule has 2 aromatic carbocycles. The molecular formula is C17H15F2NO6. The van der Waals surface area contributed by atoms with Gasteiger partial charge in [-0.05, 0) is 30.7 Å². The first-order valence-corrected chi connectivity index (χ1v) is 7.40. The second-order valence-electron chi connectivity index (χ2n) is 5.14. The van der Waals surface area contributed by atoms with Crippen LogP contribution < -0.4 is 9.47 Å². The summed E-state index contributed by atoms with van der Waals surface area (Å²) in [6.45, 7) is -1.47. The summed E-state index contributed by atoms with van der Waals surface area (Å²) in [5.74, 6) is -1.01. The van der Waals surface area contributed by atoms with Gasteiger partial charge in [-0.1, -0.05) is 12.1 Å². The Hall–Kier alpha value is -3.23. The van der Waals surface area contributed by atoms with Gasteiger partial charge in [0.15, 0.2) is 11.5 Å². The number of rotatable bonds is 7. The minimum absolute atomic E-state index is 0.0530. The Balaban J connectivity index is 2.16. The number of non-ortho nitro benzene ring substituents is 1. The number of benzene rings is 2. The Kier molecular flexibility index (Phi) is 6.05. The van der Waals surface area contributed by atoms with E-state index in [0.717, 1.165) is 0 Å². The molecule has 0 fully saturated rings. The zero-order chi connectivity index (χ0) is 19.3. The van der Waals surface area contributed by atoms with Crippen molar-refractivity contribution in [3.63, 3.8) is 0 Å². The molecule has 0 N–H and O–H groups in total. The number of nitro groups is 1. The molecule has 0 aliphatic rings. The van der Waals surface area contributed by atoms with Crippen LogP contribution in [0.1, 0.15) is 28.9 Å². The highest BCUT2D eigenvalue weighted by atomic mass is 19.3. The van der Waals surface area contributed by atoms with Crippen LogP contribution in [0.2, 0.25) is 0 Å². The molecule has 0 aliphatic heterocycles. The Labute approximate surface area is 147 Å². The van der Waals surface area contributed by atoms with Gasteiger partial charge in [0.05, 0.1) is 17.6 Å². The maximum absolute atomic E-state index is 12.3. The van der Waals surface area contributed by atoms with Crippen LogP contribution in [0.5, 0.6) is 11.5 Å². The van der Waals surface area contributed by atoms with Crippen molar-refractivity contribution < 1.29 is 32.7 Å².